The van der Waals surface area contributed by atoms with Crippen LogP contribution in [0.5, 0.6) is 5.75 Å². The second-order valence-electron chi connectivity index (χ2n) is 5.22. The number of nitrogens with one attached hydrogen (secondary N) is 1. The Morgan fingerprint density at radius 1 is 1.48 bits per heavy atom. The second-order valence-corrected chi connectivity index (χ2v) is 5.22. The molecule has 1 unspecified atom stereocenters. The molecule has 0 radical (unpaired) electrons. The number of aromatic nitrogens is 1. The molecule has 7 nitrogen and oxygen atoms in total. The van der Waals surface area contributed by atoms with Crippen LogP contribution in [0.15, 0.2) is 24.4 Å². The Balaban J connectivity index is 2.22. The fraction of sp³-hybridized carbons (Fsp3) is 0.357. The van der Waals surface area contributed by atoms with E-state index in [0.29, 0.717) is 11.4 Å². The summed E-state index contributed by atoms with van der Waals surface area (Å²) in [6.45, 7) is 4.40. The lowest BCUT2D eigenvalue weighted by molar-refractivity contribution is -0.383. The van der Waals surface area contributed by atoms with Crippen molar-refractivity contribution >= 4 is 22.3 Å². The number of anilines is 1. The van der Waals surface area contributed by atoms with Crippen molar-refractivity contribution in [2.24, 2.45) is 0 Å². The zero-order valence-electron chi connectivity index (χ0n) is 11.6. The molecule has 1 fully saturated rings. The number of piperazine rings is 1. The standard InChI is InChI=1S/C14H16N4O3/c1-9-8-17(7-6-15-9)10-4-5-16-14-12(19)3-2-11(13(10)14)18(20)21/h2-5,9,15,19H,6-8H2,1H3. The molecule has 7 heteroatoms. The minimum absolute atomic E-state index is 0.0305. The molecular weight excluding hydrogens is 272 g/mol. The van der Waals surface area contributed by atoms with Gasteiger partial charge in [-0.1, -0.05) is 0 Å². The van der Waals surface area contributed by atoms with Crippen LogP contribution >= 0.6 is 0 Å². The lowest BCUT2D eigenvalue weighted by Crippen LogP contribution is -2.49. The first-order chi connectivity index (χ1) is 10.1. The van der Waals surface area contributed by atoms with Crippen LogP contribution in [0.4, 0.5) is 11.4 Å². The Bertz CT molecular complexity index is 704. The predicted octanol–water partition coefficient (Wildman–Crippen LogP) is 1.65. The van der Waals surface area contributed by atoms with Crippen LogP contribution in [0.2, 0.25) is 0 Å². The number of nitro groups is 1. The number of phenolic OH excluding ortho intramolecular Hbond substituents is 1. The summed E-state index contributed by atoms with van der Waals surface area (Å²) in [6.07, 6.45) is 1.58. The minimum atomic E-state index is -0.432. The van der Waals surface area contributed by atoms with Gasteiger partial charge >= 0.3 is 0 Å². The third kappa shape index (κ3) is 2.36. The normalized spacial score (nSPS) is 18.9. The van der Waals surface area contributed by atoms with Gasteiger partial charge in [-0.15, -0.1) is 0 Å². The molecule has 0 aliphatic carbocycles. The Hall–Kier alpha value is -2.41. The Kier molecular flexibility index (Phi) is 3.34. The van der Waals surface area contributed by atoms with Gasteiger partial charge in [0.15, 0.2) is 0 Å². The van der Waals surface area contributed by atoms with Gasteiger partial charge in [-0.05, 0) is 19.1 Å². The average molecular weight is 288 g/mol. The number of fused-ring (bicyclic) bond motifs is 1. The molecular formula is C14H16N4O3. The maximum absolute atomic E-state index is 11.3. The first-order valence-electron chi connectivity index (χ1n) is 6.81. The van der Waals surface area contributed by atoms with E-state index in [1.54, 1.807) is 12.3 Å². The van der Waals surface area contributed by atoms with Crippen molar-refractivity contribution < 1.29 is 10.0 Å². The molecule has 1 aromatic heterocycles. The fourth-order valence-corrected chi connectivity index (χ4v) is 2.79. The van der Waals surface area contributed by atoms with Gasteiger partial charge in [-0.3, -0.25) is 15.1 Å². The van der Waals surface area contributed by atoms with Gasteiger partial charge < -0.3 is 15.3 Å². The zero-order valence-corrected chi connectivity index (χ0v) is 11.6. The number of nitro benzene ring substituents is 1. The molecule has 2 aromatic rings. The molecule has 110 valence electrons. The van der Waals surface area contributed by atoms with Crippen LogP contribution in [0, 0.1) is 10.1 Å². The maximum Gasteiger partial charge on any atom is 0.281 e. The molecule has 0 bridgehead atoms. The Morgan fingerprint density at radius 2 is 2.29 bits per heavy atom. The second kappa shape index (κ2) is 5.17. The third-order valence-electron chi connectivity index (χ3n) is 3.73. The maximum atomic E-state index is 11.3. The summed E-state index contributed by atoms with van der Waals surface area (Å²) in [5.41, 5.74) is 0.987. The quantitative estimate of drug-likeness (QED) is 0.645. The SMILES string of the molecule is CC1CN(c2ccnc3c(O)ccc([N+](=O)[O-])c23)CCN1. The van der Waals surface area contributed by atoms with Crippen LogP contribution < -0.4 is 10.2 Å². The van der Waals surface area contributed by atoms with Crippen molar-refractivity contribution in [2.75, 3.05) is 24.5 Å². The molecule has 0 amide bonds. The molecule has 1 atom stereocenters. The molecule has 2 N–H and O–H groups in total. The number of hydrogen-bond donors (Lipinski definition) is 2. The average Bonchev–Trinajstić information content (AvgIpc) is 2.47. The molecule has 3 rings (SSSR count). The molecule has 0 spiro atoms. The van der Waals surface area contributed by atoms with Crippen LogP contribution in [0.3, 0.4) is 0 Å². The predicted molar refractivity (Wildman–Crippen MR) is 79.7 cm³/mol. The summed E-state index contributed by atoms with van der Waals surface area (Å²) in [5, 5.41) is 25.0. The molecule has 2 heterocycles. The molecule has 0 saturated carbocycles. The number of nitrogens with zero attached hydrogens (tertiary/aromatic N) is 3. The van der Waals surface area contributed by atoms with E-state index >= 15 is 0 Å². The Labute approximate surface area is 121 Å². The van der Waals surface area contributed by atoms with Gasteiger partial charge in [-0.25, -0.2) is 0 Å². The molecule has 1 aliphatic rings. The van der Waals surface area contributed by atoms with Gasteiger partial charge in [0.2, 0.25) is 0 Å². The first-order valence-corrected chi connectivity index (χ1v) is 6.81. The first kappa shape index (κ1) is 13.6. The van der Waals surface area contributed by atoms with Crippen molar-refractivity contribution in [3.05, 3.63) is 34.5 Å². The summed E-state index contributed by atoms with van der Waals surface area (Å²) in [5.74, 6) is -0.0411. The highest BCUT2D eigenvalue weighted by atomic mass is 16.6. The van der Waals surface area contributed by atoms with Crippen LogP contribution in [-0.2, 0) is 0 Å². The van der Waals surface area contributed by atoms with E-state index in [1.807, 2.05) is 0 Å². The number of non-ortho nitro benzene ring substituents is 1. The summed E-state index contributed by atoms with van der Waals surface area (Å²) >= 11 is 0. The summed E-state index contributed by atoms with van der Waals surface area (Å²) in [7, 11) is 0. The van der Waals surface area contributed by atoms with Crippen molar-refractivity contribution in [1.82, 2.24) is 10.3 Å². The molecule has 21 heavy (non-hydrogen) atoms. The third-order valence-corrected chi connectivity index (χ3v) is 3.73. The summed E-state index contributed by atoms with van der Waals surface area (Å²) in [4.78, 5) is 17.1. The van der Waals surface area contributed by atoms with E-state index in [0.717, 1.165) is 25.3 Å². The van der Waals surface area contributed by atoms with E-state index in [1.165, 1.54) is 12.1 Å². The smallest absolute Gasteiger partial charge is 0.281 e. The molecule has 1 aliphatic heterocycles. The number of phenols is 1. The highest BCUT2D eigenvalue weighted by Crippen LogP contribution is 2.37. The molecule has 1 saturated heterocycles. The number of aromatic hydroxyl groups is 1. The van der Waals surface area contributed by atoms with Gasteiger partial charge in [0, 0.05) is 37.9 Å². The van der Waals surface area contributed by atoms with Gasteiger partial charge in [0.25, 0.3) is 5.69 Å². The summed E-state index contributed by atoms with van der Waals surface area (Å²) in [6, 6.07) is 4.72. The highest BCUT2D eigenvalue weighted by Gasteiger charge is 2.24. The van der Waals surface area contributed by atoms with Gasteiger partial charge in [-0.2, -0.15) is 0 Å². The van der Waals surface area contributed by atoms with Crippen LogP contribution in [0.1, 0.15) is 6.92 Å². The van der Waals surface area contributed by atoms with E-state index in [2.05, 4.69) is 22.1 Å². The Morgan fingerprint density at radius 3 is 3.00 bits per heavy atom. The van der Waals surface area contributed by atoms with Crippen molar-refractivity contribution in [2.45, 2.75) is 13.0 Å². The van der Waals surface area contributed by atoms with E-state index < -0.39 is 4.92 Å². The van der Waals surface area contributed by atoms with E-state index in [-0.39, 0.29) is 17.0 Å². The van der Waals surface area contributed by atoms with E-state index in [9.17, 15) is 15.2 Å². The lowest BCUT2D eigenvalue weighted by atomic mass is 10.1. The highest BCUT2D eigenvalue weighted by molar-refractivity contribution is 6.01. The van der Waals surface area contributed by atoms with E-state index in [4.69, 9.17) is 0 Å². The number of rotatable bonds is 2. The zero-order chi connectivity index (χ0) is 15.0. The van der Waals surface area contributed by atoms with Crippen molar-refractivity contribution in [1.29, 1.82) is 0 Å². The van der Waals surface area contributed by atoms with Crippen LogP contribution in [-0.4, -0.2) is 40.7 Å². The molecule has 1 aromatic carbocycles. The fourth-order valence-electron chi connectivity index (χ4n) is 2.79. The monoisotopic (exact) mass is 288 g/mol. The number of hydrogen-bond acceptors (Lipinski definition) is 6. The van der Waals surface area contributed by atoms with Crippen molar-refractivity contribution in [3.63, 3.8) is 0 Å². The lowest BCUT2D eigenvalue weighted by Gasteiger charge is -2.34. The number of pyridine rings is 1. The van der Waals surface area contributed by atoms with Gasteiger partial charge in [0.05, 0.1) is 10.6 Å². The minimum Gasteiger partial charge on any atom is -0.506 e. The summed E-state index contributed by atoms with van der Waals surface area (Å²) < 4.78 is 0. The van der Waals surface area contributed by atoms with Crippen LogP contribution in [0.25, 0.3) is 10.9 Å². The topological polar surface area (TPSA) is 91.5 Å². The largest absolute Gasteiger partial charge is 0.506 e. The van der Waals surface area contributed by atoms with Crippen molar-refractivity contribution in [3.8, 4) is 5.75 Å². The van der Waals surface area contributed by atoms with Gasteiger partial charge in [0.1, 0.15) is 16.7 Å². The number of benzene rings is 1.